The average Bonchev–Trinajstić information content (AvgIpc) is 3.10. The highest BCUT2D eigenvalue weighted by Gasteiger charge is 2.26. The van der Waals surface area contributed by atoms with Gasteiger partial charge in [-0.1, -0.05) is 30.3 Å². The molecule has 4 rings (SSSR count). The molecule has 1 amide bonds. The van der Waals surface area contributed by atoms with E-state index < -0.39 is 6.10 Å². The number of aryl methyl sites for hydroxylation is 2. The highest BCUT2D eigenvalue weighted by atomic mass is 16.3. The number of rotatable bonds is 3. The maximum Gasteiger partial charge on any atom is 0.273 e. The van der Waals surface area contributed by atoms with Gasteiger partial charge in [0.15, 0.2) is 0 Å². The summed E-state index contributed by atoms with van der Waals surface area (Å²) in [6.45, 7) is 5.22. The maximum absolute atomic E-state index is 12.8. The third-order valence-electron chi connectivity index (χ3n) is 4.68. The number of nitrogens with zero attached hydrogens (tertiary/aromatic N) is 5. The van der Waals surface area contributed by atoms with Crippen LogP contribution in [0.1, 0.15) is 45.1 Å². The molecule has 0 spiro atoms. The molecular weight excluding hydrogens is 342 g/mol. The summed E-state index contributed by atoms with van der Waals surface area (Å²) in [5, 5.41) is 15.1. The summed E-state index contributed by atoms with van der Waals surface area (Å²) in [6.07, 6.45) is -0.777. The minimum absolute atomic E-state index is 0.110. The van der Waals surface area contributed by atoms with Crippen LogP contribution in [-0.4, -0.2) is 42.2 Å². The number of hydrogen-bond acceptors (Lipinski definition) is 5. The van der Waals surface area contributed by atoms with Gasteiger partial charge in [-0.15, -0.1) is 0 Å². The molecule has 0 unspecified atom stereocenters. The fourth-order valence-corrected chi connectivity index (χ4v) is 3.39. The van der Waals surface area contributed by atoms with Crippen LogP contribution in [0.2, 0.25) is 0 Å². The Balaban J connectivity index is 1.55. The Bertz CT molecular complexity index is 963. The van der Waals surface area contributed by atoms with Crippen molar-refractivity contribution in [2.75, 3.05) is 6.54 Å². The van der Waals surface area contributed by atoms with Crippen molar-refractivity contribution >= 4 is 5.91 Å². The highest BCUT2D eigenvalue weighted by molar-refractivity contribution is 5.92. The molecule has 1 aliphatic rings. The van der Waals surface area contributed by atoms with Gasteiger partial charge < -0.3 is 10.0 Å². The number of benzene rings is 1. The van der Waals surface area contributed by atoms with E-state index in [1.807, 2.05) is 48.0 Å². The standard InChI is InChI=1S/C20H21N5O2/c1-13-10-18(22-14(2)21-13)20(27)24-8-9-25-16(12-24)11-17(23-25)19(26)15-6-4-3-5-7-15/h3-7,10-11,19,26H,8-9,12H2,1-2H3/t19-/m0/s1. The Kier molecular flexibility index (Phi) is 4.45. The van der Waals surface area contributed by atoms with Gasteiger partial charge >= 0.3 is 0 Å². The van der Waals surface area contributed by atoms with Crippen molar-refractivity contribution < 1.29 is 9.90 Å². The van der Waals surface area contributed by atoms with Gasteiger partial charge in [0.1, 0.15) is 17.6 Å². The normalized spacial score (nSPS) is 14.7. The zero-order valence-corrected chi connectivity index (χ0v) is 15.3. The summed E-state index contributed by atoms with van der Waals surface area (Å²) in [5.74, 6) is 0.481. The van der Waals surface area contributed by atoms with E-state index in [4.69, 9.17) is 0 Å². The Morgan fingerprint density at radius 1 is 1.11 bits per heavy atom. The van der Waals surface area contributed by atoms with E-state index in [0.29, 0.717) is 36.8 Å². The minimum Gasteiger partial charge on any atom is -0.382 e. The van der Waals surface area contributed by atoms with E-state index >= 15 is 0 Å². The molecule has 1 atom stereocenters. The number of aliphatic hydroxyl groups excluding tert-OH is 1. The first-order valence-corrected chi connectivity index (χ1v) is 8.92. The molecule has 0 saturated heterocycles. The van der Waals surface area contributed by atoms with E-state index in [0.717, 1.165) is 17.0 Å². The third kappa shape index (κ3) is 3.46. The molecule has 0 radical (unpaired) electrons. The number of carbonyl (C=O) groups excluding carboxylic acids is 1. The Morgan fingerprint density at radius 2 is 1.89 bits per heavy atom. The van der Waals surface area contributed by atoms with Gasteiger partial charge in [0.2, 0.25) is 0 Å². The quantitative estimate of drug-likeness (QED) is 0.770. The molecule has 1 aromatic carbocycles. The lowest BCUT2D eigenvalue weighted by atomic mass is 10.1. The smallest absolute Gasteiger partial charge is 0.273 e. The predicted octanol–water partition coefficient (Wildman–Crippen LogP) is 2.03. The topological polar surface area (TPSA) is 84.1 Å². The lowest BCUT2D eigenvalue weighted by molar-refractivity contribution is 0.0699. The Morgan fingerprint density at radius 3 is 2.63 bits per heavy atom. The van der Waals surface area contributed by atoms with Crippen LogP contribution in [0.25, 0.3) is 0 Å². The molecule has 1 aliphatic heterocycles. The van der Waals surface area contributed by atoms with E-state index in [2.05, 4.69) is 15.1 Å². The Labute approximate surface area is 157 Å². The van der Waals surface area contributed by atoms with Crippen molar-refractivity contribution in [2.24, 2.45) is 0 Å². The summed E-state index contributed by atoms with van der Waals surface area (Å²) in [6, 6.07) is 13.0. The zero-order valence-electron chi connectivity index (χ0n) is 15.3. The van der Waals surface area contributed by atoms with Crippen LogP contribution in [0.4, 0.5) is 0 Å². The molecule has 138 valence electrons. The second kappa shape index (κ2) is 6.92. The molecule has 27 heavy (non-hydrogen) atoms. The summed E-state index contributed by atoms with van der Waals surface area (Å²) >= 11 is 0. The van der Waals surface area contributed by atoms with Gasteiger partial charge in [0, 0.05) is 12.2 Å². The summed E-state index contributed by atoms with van der Waals surface area (Å²) in [5.41, 5.74) is 3.49. The van der Waals surface area contributed by atoms with Gasteiger partial charge in [-0.3, -0.25) is 9.48 Å². The number of aliphatic hydroxyl groups is 1. The minimum atomic E-state index is -0.777. The van der Waals surface area contributed by atoms with Crippen LogP contribution < -0.4 is 0 Å². The maximum atomic E-state index is 12.8. The van der Waals surface area contributed by atoms with E-state index in [-0.39, 0.29) is 5.91 Å². The van der Waals surface area contributed by atoms with Crippen molar-refractivity contribution in [2.45, 2.75) is 33.0 Å². The first-order chi connectivity index (χ1) is 13.0. The number of hydrogen-bond donors (Lipinski definition) is 1. The van der Waals surface area contributed by atoms with Crippen LogP contribution in [0, 0.1) is 13.8 Å². The highest BCUT2D eigenvalue weighted by Crippen LogP contribution is 2.24. The molecule has 0 saturated carbocycles. The Hall–Kier alpha value is -3.06. The fraction of sp³-hybridized carbons (Fsp3) is 0.300. The van der Waals surface area contributed by atoms with Crippen LogP contribution in [0.5, 0.6) is 0 Å². The molecule has 1 N–H and O–H groups in total. The van der Waals surface area contributed by atoms with Crippen molar-refractivity contribution in [1.29, 1.82) is 0 Å². The lowest BCUT2D eigenvalue weighted by Gasteiger charge is -2.27. The van der Waals surface area contributed by atoms with E-state index in [1.165, 1.54) is 0 Å². The number of aromatic nitrogens is 4. The summed E-state index contributed by atoms with van der Waals surface area (Å²) in [4.78, 5) is 23.1. The second-order valence-electron chi connectivity index (χ2n) is 6.77. The van der Waals surface area contributed by atoms with Gasteiger partial charge in [-0.25, -0.2) is 9.97 Å². The van der Waals surface area contributed by atoms with Gasteiger partial charge in [-0.05, 0) is 31.5 Å². The van der Waals surface area contributed by atoms with Gasteiger partial charge in [-0.2, -0.15) is 5.10 Å². The number of carbonyl (C=O) groups is 1. The monoisotopic (exact) mass is 363 g/mol. The average molecular weight is 363 g/mol. The molecule has 0 bridgehead atoms. The van der Waals surface area contributed by atoms with Crippen molar-refractivity contribution in [1.82, 2.24) is 24.6 Å². The number of fused-ring (bicyclic) bond motifs is 1. The molecule has 7 heteroatoms. The van der Waals surface area contributed by atoms with Crippen LogP contribution in [-0.2, 0) is 13.1 Å². The zero-order chi connectivity index (χ0) is 19.0. The molecule has 3 heterocycles. The first-order valence-electron chi connectivity index (χ1n) is 8.92. The SMILES string of the molecule is Cc1cc(C(=O)N2CCn3nc([C@@H](O)c4ccccc4)cc3C2)nc(C)n1. The summed E-state index contributed by atoms with van der Waals surface area (Å²) < 4.78 is 1.86. The predicted molar refractivity (Wildman–Crippen MR) is 99.0 cm³/mol. The van der Waals surface area contributed by atoms with Gasteiger partial charge in [0.05, 0.1) is 24.5 Å². The van der Waals surface area contributed by atoms with Gasteiger partial charge in [0.25, 0.3) is 5.91 Å². The molecule has 7 nitrogen and oxygen atoms in total. The third-order valence-corrected chi connectivity index (χ3v) is 4.68. The van der Waals surface area contributed by atoms with E-state index in [9.17, 15) is 9.90 Å². The van der Waals surface area contributed by atoms with Crippen LogP contribution >= 0.6 is 0 Å². The van der Waals surface area contributed by atoms with Crippen LogP contribution in [0.15, 0.2) is 42.5 Å². The first kappa shape index (κ1) is 17.4. The molecule has 0 fully saturated rings. The largest absolute Gasteiger partial charge is 0.382 e. The lowest BCUT2D eigenvalue weighted by Crippen LogP contribution is -2.38. The molecule has 0 aliphatic carbocycles. The molecular formula is C20H21N5O2. The summed E-state index contributed by atoms with van der Waals surface area (Å²) in [7, 11) is 0. The van der Waals surface area contributed by atoms with Crippen molar-refractivity contribution in [3.63, 3.8) is 0 Å². The second-order valence-corrected chi connectivity index (χ2v) is 6.77. The number of amides is 1. The van der Waals surface area contributed by atoms with Crippen molar-refractivity contribution in [3.05, 3.63) is 76.6 Å². The van der Waals surface area contributed by atoms with Crippen molar-refractivity contribution in [3.8, 4) is 0 Å². The fourth-order valence-electron chi connectivity index (χ4n) is 3.39. The molecule has 2 aromatic heterocycles. The molecule has 3 aromatic rings. The van der Waals surface area contributed by atoms with E-state index in [1.54, 1.807) is 17.9 Å². The van der Waals surface area contributed by atoms with Crippen LogP contribution in [0.3, 0.4) is 0 Å².